The maximum atomic E-state index is 12.4. The summed E-state index contributed by atoms with van der Waals surface area (Å²) in [5.41, 5.74) is 8.65. The number of allylic oxidation sites excluding steroid dienone is 2. The lowest BCUT2D eigenvalue weighted by molar-refractivity contribution is -0.147. The second-order valence-electron chi connectivity index (χ2n) is 7.84. The molecule has 3 aliphatic rings. The van der Waals surface area contributed by atoms with Gasteiger partial charge in [0.2, 0.25) is 0 Å². The van der Waals surface area contributed by atoms with E-state index < -0.39 is 5.60 Å². The highest BCUT2D eigenvalue weighted by Crippen LogP contribution is 2.43. The minimum Gasteiger partial charge on any atom is -0.460 e. The molecule has 1 aromatic rings. The third-order valence-corrected chi connectivity index (χ3v) is 5.90. The van der Waals surface area contributed by atoms with Crippen LogP contribution in [0.15, 0.2) is 64.8 Å². The van der Waals surface area contributed by atoms with Crippen LogP contribution in [0, 0.1) is 0 Å². The molecule has 2 N–H and O–H groups in total. The van der Waals surface area contributed by atoms with Gasteiger partial charge in [0.05, 0.1) is 12.0 Å². The minimum absolute atomic E-state index is 0.233. The number of nitrogens with two attached hydrogens (primary N) is 1. The molecular weight excluding hydrogens is 382 g/mol. The Balaban J connectivity index is 1.48. The number of nitrogens with zero attached hydrogens (tertiary/aromatic N) is 2. The van der Waals surface area contributed by atoms with E-state index >= 15 is 0 Å². The highest BCUT2D eigenvalue weighted by Gasteiger charge is 2.49. The summed E-state index contributed by atoms with van der Waals surface area (Å²) in [5.74, 6) is -0.607. The van der Waals surface area contributed by atoms with Gasteiger partial charge in [-0.1, -0.05) is 30.8 Å². The van der Waals surface area contributed by atoms with Crippen molar-refractivity contribution >= 4 is 17.9 Å². The number of carbonyl (C=O) groups excluding carboxylic acids is 2. The van der Waals surface area contributed by atoms with Crippen molar-refractivity contribution in [2.75, 3.05) is 13.1 Å². The number of hydrogen-bond acceptors (Lipinski definition) is 6. The third kappa shape index (κ3) is 3.63. The monoisotopic (exact) mass is 407 g/mol. The first-order valence-corrected chi connectivity index (χ1v) is 10.0. The van der Waals surface area contributed by atoms with Gasteiger partial charge in [0.25, 0.3) is 11.9 Å². The van der Waals surface area contributed by atoms with Crippen LogP contribution >= 0.6 is 0 Å². The van der Waals surface area contributed by atoms with Gasteiger partial charge in [0.15, 0.2) is 0 Å². The maximum absolute atomic E-state index is 12.4. The number of piperidine rings is 1. The third-order valence-electron chi connectivity index (χ3n) is 5.90. The fourth-order valence-electron chi connectivity index (χ4n) is 4.06. The first-order chi connectivity index (χ1) is 14.4. The van der Waals surface area contributed by atoms with E-state index in [1.165, 1.54) is 6.20 Å². The number of esters is 1. The summed E-state index contributed by atoms with van der Waals surface area (Å²) >= 11 is 0. The van der Waals surface area contributed by atoms with Crippen LogP contribution in [0.5, 0.6) is 0 Å². The van der Waals surface area contributed by atoms with Crippen LogP contribution in [0.25, 0.3) is 0 Å². The number of benzene rings is 1. The molecule has 2 saturated heterocycles. The minimum atomic E-state index is -0.729. The normalized spacial score (nSPS) is 24.6. The van der Waals surface area contributed by atoms with Gasteiger partial charge >= 0.3 is 5.97 Å². The van der Waals surface area contributed by atoms with Gasteiger partial charge in [-0.05, 0) is 35.9 Å². The largest absolute Gasteiger partial charge is 0.460 e. The van der Waals surface area contributed by atoms with E-state index in [9.17, 15) is 9.59 Å². The number of rotatable bonds is 1. The molecule has 3 heterocycles. The van der Waals surface area contributed by atoms with E-state index in [1.54, 1.807) is 6.08 Å². The van der Waals surface area contributed by atoms with E-state index in [4.69, 9.17) is 15.2 Å². The summed E-state index contributed by atoms with van der Waals surface area (Å²) in [7, 11) is 0. The van der Waals surface area contributed by atoms with Crippen molar-refractivity contribution in [3.63, 3.8) is 0 Å². The summed E-state index contributed by atoms with van der Waals surface area (Å²) < 4.78 is 11.7. The van der Waals surface area contributed by atoms with Crippen LogP contribution in [0.1, 0.15) is 30.9 Å². The molecule has 3 aliphatic heterocycles. The average Bonchev–Trinajstić information content (AvgIpc) is 2.95. The quantitative estimate of drug-likeness (QED) is 0.567. The van der Waals surface area contributed by atoms with Crippen LogP contribution < -0.4 is 5.73 Å². The lowest BCUT2D eigenvalue weighted by Crippen LogP contribution is -2.48. The summed E-state index contributed by atoms with van der Waals surface area (Å²) in [6.07, 6.45) is 4.52. The number of carbonyl (C=O) groups is 2. The molecule has 7 heteroatoms. The Morgan fingerprint density at radius 3 is 2.63 bits per heavy atom. The van der Waals surface area contributed by atoms with Crippen LogP contribution in [0.2, 0.25) is 0 Å². The van der Waals surface area contributed by atoms with Gasteiger partial charge in [-0.2, -0.15) is 4.99 Å². The van der Waals surface area contributed by atoms with E-state index in [0.717, 1.165) is 16.7 Å². The summed E-state index contributed by atoms with van der Waals surface area (Å²) in [6, 6.07) is 8.06. The first kappa shape index (κ1) is 19.9. The van der Waals surface area contributed by atoms with Gasteiger partial charge in [-0.15, -0.1) is 0 Å². The van der Waals surface area contributed by atoms with E-state index in [-0.39, 0.29) is 18.3 Å². The Labute approximate surface area is 175 Å². The number of likely N-dealkylation sites (tertiary alicyclic amines) is 1. The number of amidine groups is 1. The number of fused-ring (bicyclic) bond motifs is 1. The Bertz CT molecular complexity index is 997. The van der Waals surface area contributed by atoms with Crippen LogP contribution in [0.4, 0.5) is 0 Å². The predicted octanol–water partition coefficient (Wildman–Crippen LogP) is 2.38. The predicted molar refractivity (Wildman–Crippen MR) is 112 cm³/mol. The molecule has 0 aromatic heterocycles. The van der Waals surface area contributed by atoms with Crippen molar-refractivity contribution in [3.8, 4) is 0 Å². The molecule has 2 fully saturated rings. The van der Waals surface area contributed by atoms with Crippen molar-refractivity contribution in [2.24, 2.45) is 10.7 Å². The molecule has 156 valence electrons. The summed E-state index contributed by atoms with van der Waals surface area (Å²) in [6.45, 7) is 7.40. The molecule has 0 saturated carbocycles. The highest BCUT2D eigenvalue weighted by atomic mass is 16.6. The second kappa shape index (κ2) is 7.82. The number of hydrogen-bond donors (Lipinski definition) is 1. The van der Waals surface area contributed by atoms with E-state index in [1.807, 2.05) is 36.1 Å². The first-order valence-electron chi connectivity index (χ1n) is 10.0. The molecule has 1 amide bonds. The van der Waals surface area contributed by atoms with Crippen molar-refractivity contribution in [1.29, 1.82) is 0 Å². The lowest BCUT2D eigenvalue weighted by Gasteiger charge is -2.39. The average molecular weight is 407 g/mol. The van der Waals surface area contributed by atoms with E-state index in [0.29, 0.717) is 49.7 Å². The zero-order valence-electron chi connectivity index (χ0n) is 17.0. The number of ether oxygens (including phenoxy) is 2. The maximum Gasteiger partial charge on any atom is 0.339 e. The fourth-order valence-corrected chi connectivity index (χ4v) is 4.06. The van der Waals surface area contributed by atoms with Crippen molar-refractivity contribution < 1.29 is 19.1 Å². The molecule has 4 rings (SSSR count). The fraction of sp³-hybridized carbons (Fsp3) is 0.348. The van der Waals surface area contributed by atoms with Crippen LogP contribution in [-0.2, 0) is 32.1 Å². The lowest BCUT2D eigenvalue weighted by atomic mass is 9.83. The number of aliphatic imine (C=N–C) groups is 1. The number of amides is 1. The summed E-state index contributed by atoms with van der Waals surface area (Å²) in [5, 5.41) is 0. The Morgan fingerprint density at radius 1 is 1.23 bits per heavy atom. The van der Waals surface area contributed by atoms with E-state index in [2.05, 4.69) is 11.6 Å². The van der Waals surface area contributed by atoms with Crippen LogP contribution in [0.3, 0.4) is 0 Å². The van der Waals surface area contributed by atoms with Gasteiger partial charge in [0, 0.05) is 31.5 Å². The topological polar surface area (TPSA) is 94.2 Å². The molecule has 30 heavy (non-hydrogen) atoms. The summed E-state index contributed by atoms with van der Waals surface area (Å²) in [4.78, 5) is 30.9. The molecule has 0 aliphatic carbocycles. The van der Waals surface area contributed by atoms with Gasteiger partial charge in [0.1, 0.15) is 12.2 Å². The molecule has 0 atom stereocenters. The van der Waals surface area contributed by atoms with Crippen LogP contribution in [-0.4, -0.2) is 41.5 Å². The van der Waals surface area contributed by atoms with Gasteiger partial charge in [-0.3, -0.25) is 4.79 Å². The second-order valence-corrected chi connectivity index (χ2v) is 7.84. The SMILES string of the molecule is C=C1/C(=C\C(C)=C/N)C(=O)OC12CCN(/C1=N/C(=O)Cc3ccccc3CO1)CC2. The van der Waals surface area contributed by atoms with Gasteiger partial charge in [-0.25, -0.2) is 4.79 Å². The van der Waals surface area contributed by atoms with Crippen molar-refractivity contribution in [1.82, 2.24) is 4.90 Å². The van der Waals surface area contributed by atoms with Crippen molar-refractivity contribution in [2.45, 2.75) is 38.4 Å². The zero-order chi connectivity index (χ0) is 21.3. The Kier molecular flexibility index (Phi) is 5.20. The Hall–Kier alpha value is -3.35. The molecule has 0 bridgehead atoms. The Morgan fingerprint density at radius 2 is 1.93 bits per heavy atom. The smallest absolute Gasteiger partial charge is 0.339 e. The van der Waals surface area contributed by atoms with Gasteiger partial charge < -0.3 is 20.1 Å². The zero-order valence-corrected chi connectivity index (χ0v) is 17.0. The molecule has 0 unspecified atom stereocenters. The molecule has 7 nitrogen and oxygen atoms in total. The molecule has 0 radical (unpaired) electrons. The highest BCUT2D eigenvalue weighted by molar-refractivity contribution is 5.98. The molecule has 1 aromatic carbocycles. The van der Waals surface area contributed by atoms with Crippen molar-refractivity contribution in [3.05, 3.63) is 71.0 Å². The standard InChI is InChI=1S/C23H25N3O4/c1-15(13-24)11-19-16(2)23(30-21(19)28)7-9-26(10-8-23)22-25-20(27)12-17-5-3-4-6-18(17)14-29-22/h3-6,11,13H,2,7-10,12,14,24H2,1H3/b15-13-,19-11+,25-22-. The molecular formula is C23H25N3O4. The molecule has 1 spiro atoms.